The highest BCUT2D eigenvalue weighted by atomic mass is 32.1. The zero-order valence-electron chi connectivity index (χ0n) is 14.9. The molecule has 6 rings (SSSR count). The van der Waals surface area contributed by atoms with Gasteiger partial charge in [-0.25, -0.2) is 14.5 Å². The molecule has 0 fully saturated rings. The number of aryl methyl sites for hydroxylation is 2. The molecule has 1 aromatic carbocycles. The molecule has 8 heteroatoms. The largest absolute Gasteiger partial charge is 0.368 e. The van der Waals surface area contributed by atoms with Gasteiger partial charge in [0.15, 0.2) is 11.5 Å². The van der Waals surface area contributed by atoms with Crippen LogP contribution in [0.2, 0.25) is 0 Å². The number of carbonyl (C=O) groups is 1. The predicted molar refractivity (Wildman–Crippen MR) is 108 cm³/mol. The van der Waals surface area contributed by atoms with Crippen LogP contribution in [-0.2, 0) is 24.2 Å². The average molecular weight is 388 g/mol. The van der Waals surface area contributed by atoms with Crippen LogP contribution in [0.15, 0.2) is 36.8 Å². The lowest BCUT2D eigenvalue weighted by molar-refractivity contribution is -0.118. The van der Waals surface area contributed by atoms with Crippen molar-refractivity contribution in [2.24, 2.45) is 5.73 Å². The Labute approximate surface area is 163 Å². The van der Waals surface area contributed by atoms with E-state index in [-0.39, 0.29) is 12.5 Å². The van der Waals surface area contributed by atoms with Crippen LogP contribution < -0.4 is 5.73 Å². The Balaban J connectivity index is 1.61. The highest BCUT2D eigenvalue weighted by Crippen LogP contribution is 2.38. The van der Waals surface area contributed by atoms with Crippen LogP contribution in [-0.4, -0.2) is 30.1 Å². The first kappa shape index (κ1) is 15.8. The van der Waals surface area contributed by atoms with E-state index in [1.165, 1.54) is 16.9 Å². The van der Waals surface area contributed by atoms with Crippen molar-refractivity contribution in [1.82, 2.24) is 24.1 Å². The van der Waals surface area contributed by atoms with Gasteiger partial charge in [-0.3, -0.25) is 4.79 Å². The minimum absolute atomic E-state index is 0.123. The third-order valence-corrected chi connectivity index (χ3v) is 6.60. The molecule has 5 aromatic rings. The van der Waals surface area contributed by atoms with Crippen molar-refractivity contribution in [1.29, 1.82) is 0 Å². The predicted octanol–water partition coefficient (Wildman–Crippen LogP) is 2.93. The summed E-state index contributed by atoms with van der Waals surface area (Å²) in [6, 6.07) is 7.91. The summed E-state index contributed by atoms with van der Waals surface area (Å²) in [6.45, 7) is 0.123. The Bertz CT molecular complexity index is 1410. The maximum Gasteiger partial charge on any atom is 0.237 e. The minimum atomic E-state index is -0.380. The number of carbonyl (C=O) groups excluding carboxylic acids is 1. The van der Waals surface area contributed by atoms with E-state index < -0.39 is 0 Å². The Morgan fingerprint density at radius 1 is 1.25 bits per heavy atom. The average Bonchev–Trinajstić information content (AvgIpc) is 3.41. The molecule has 1 amide bonds. The summed E-state index contributed by atoms with van der Waals surface area (Å²) in [7, 11) is 0. The lowest BCUT2D eigenvalue weighted by atomic mass is 10.1. The number of rotatable bonds is 3. The van der Waals surface area contributed by atoms with E-state index in [4.69, 9.17) is 15.8 Å². The lowest BCUT2D eigenvalue weighted by Gasteiger charge is -2.00. The zero-order valence-corrected chi connectivity index (χ0v) is 15.7. The number of aromatic nitrogens is 5. The molecule has 0 spiro atoms. The Morgan fingerprint density at radius 3 is 3.04 bits per heavy atom. The number of para-hydroxylation sites is 1. The van der Waals surface area contributed by atoms with Gasteiger partial charge < -0.3 is 10.3 Å². The fraction of sp³-hybridized carbons (Fsp3) is 0.200. The first-order chi connectivity index (χ1) is 13.7. The molecule has 0 bridgehead atoms. The Hall–Kier alpha value is -3.26. The molecule has 0 radical (unpaired) electrons. The molecular formula is C20H16N6OS. The van der Waals surface area contributed by atoms with Crippen LogP contribution in [0.4, 0.5) is 0 Å². The number of fused-ring (bicyclic) bond motifs is 6. The van der Waals surface area contributed by atoms with Crippen molar-refractivity contribution >= 4 is 44.0 Å². The van der Waals surface area contributed by atoms with Gasteiger partial charge in [-0.05, 0) is 30.9 Å². The van der Waals surface area contributed by atoms with E-state index in [0.717, 1.165) is 45.2 Å². The SMILES string of the molecule is NC(=O)Cn1cc(-c2nc3c4c5c(sc4ncn3n2)CCC5)c2ccccc21. The van der Waals surface area contributed by atoms with Crippen LogP contribution in [0, 0.1) is 0 Å². The third-order valence-electron chi connectivity index (χ3n) is 5.40. The summed E-state index contributed by atoms with van der Waals surface area (Å²) in [5, 5.41) is 6.84. The van der Waals surface area contributed by atoms with Gasteiger partial charge in [0.05, 0.1) is 5.39 Å². The second kappa shape index (κ2) is 5.62. The van der Waals surface area contributed by atoms with Crippen molar-refractivity contribution in [3.8, 4) is 11.4 Å². The monoisotopic (exact) mass is 388 g/mol. The maximum absolute atomic E-state index is 11.5. The molecule has 0 unspecified atom stereocenters. The molecule has 0 saturated carbocycles. The first-order valence-corrected chi connectivity index (χ1v) is 10.0. The van der Waals surface area contributed by atoms with Gasteiger partial charge in [0, 0.05) is 27.5 Å². The van der Waals surface area contributed by atoms with E-state index in [0.29, 0.717) is 5.82 Å². The van der Waals surface area contributed by atoms with Gasteiger partial charge in [-0.2, -0.15) is 0 Å². The number of primary amides is 1. The van der Waals surface area contributed by atoms with Crippen LogP contribution >= 0.6 is 11.3 Å². The third kappa shape index (κ3) is 2.15. The normalized spacial score (nSPS) is 13.7. The maximum atomic E-state index is 11.5. The van der Waals surface area contributed by atoms with E-state index in [2.05, 4.69) is 4.98 Å². The summed E-state index contributed by atoms with van der Waals surface area (Å²) in [4.78, 5) is 23.4. The molecule has 1 aliphatic carbocycles. The standard InChI is InChI=1S/C20H16N6OS/c21-16(27)9-25-8-13(11-4-1-2-6-14(11)25)18-23-19-17-12-5-3-7-15(12)28-20(17)22-10-26(19)24-18/h1-2,4,6,8,10H,3,5,7,9H2,(H2,21,27). The van der Waals surface area contributed by atoms with Crippen LogP contribution in [0.1, 0.15) is 16.9 Å². The van der Waals surface area contributed by atoms with Crippen molar-refractivity contribution in [2.45, 2.75) is 25.8 Å². The summed E-state index contributed by atoms with van der Waals surface area (Å²) >= 11 is 1.77. The molecule has 0 aliphatic heterocycles. The molecule has 0 atom stereocenters. The molecular weight excluding hydrogens is 372 g/mol. The number of hydrogen-bond acceptors (Lipinski definition) is 5. The minimum Gasteiger partial charge on any atom is -0.368 e. The Morgan fingerprint density at radius 2 is 2.14 bits per heavy atom. The summed E-state index contributed by atoms with van der Waals surface area (Å²) in [5.41, 5.74) is 9.49. The van der Waals surface area contributed by atoms with Crippen molar-refractivity contribution < 1.29 is 4.79 Å². The van der Waals surface area contributed by atoms with Gasteiger partial charge in [0.1, 0.15) is 17.7 Å². The lowest BCUT2D eigenvalue weighted by Crippen LogP contribution is -2.17. The Kier molecular flexibility index (Phi) is 3.16. The molecule has 138 valence electrons. The van der Waals surface area contributed by atoms with Gasteiger partial charge in [-0.15, -0.1) is 16.4 Å². The molecule has 1 aliphatic rings. The zero-order chi connectivity index (χ0) is 18.8. The van der Waals surface area contributed by atoms with Crippen LogP contribution in [0.3, 0.4) is 0 Å². The van der Waals surface area contributed by atoms with Gasteiger partial charge >= 0.3 is 0 Å². The molecule has 0 saturated heterocycles. The topological polar surface area (TPSA) is 91.1 Å². The van der Waals surface area contributed by atoms with Crippen molar-refractivity contribution in [3.05, 3.63) is 47.2 Å². The van der Waals surface area contributed by atoms with Crippen molar-refractivity contribution in [2.75, 3.05) is 0 Å². The molecule has 28 heavy (non-hydrogen) atoms. The van der Waals surface area contributed by atoms with Crippen LogP contribution in [0.25, 0.3) is 38.2 Å². The summed E-state index contributed by atoms with van der Waals surface area (Å²) in [5.74, 6) is 0.252. The smallest absolute Gasteiger partial charge is 0.237 e. The number of nitrogens with two attached hydrogens (primary N) is 1. The quantitative estimate of drug-likeness (QED) is 0.514. The second-order valence-corrected chi connectivity index (χ2v) is 8.22. The van der Waals surface area contributed by atoms with Crippen LogP contribution in [0.5, 0.6) is 0 Å². The van der Waals surface area contributed by atoms with E-state index in [9.17, 15) is 4.79 Å². The molecule has 2 N–H and O–H groups in total. The van der Waals surface area contributed by atoms with E-state index >= 15 is 0 Å². The van der Waals surface area contributed by atoms with E-state index in [1.807, 2.05) is 35.0 Å². The first-order valence-electron chi connectivity index (χ1n) is 9.21. The number of hydrogen-bond donors (Lipinski definition) is 1. The van der Waals surface area contributed by atoms with Gasteiger partial charge in [-0.1, -0.05) is 18.2 Å². The molecule has 7 nitrogen and oxygen atoms in total. The summed E-state index contributed by atoms with van der Waals surface area (Å²) in [6.07, 6.45) is 7.05. The number of nitrogens with zero attached hydrogens (tertiary/aromatic N) is 5. The fourth-order valence-corrected chi connectivity index (χ4v) is 5.45. The summed E-state index contributed by atoms with van der Waals surface area (Å²) < 4.78 is 3.62. The second-order valence-electron chi connectivity index (χ2n) is 7.14. The number of amides is 1. The number of benzene rings is 1. The van der Waals surface area contributed by atoms with Crippen molar-refractivity contribution in [3.63, 3.8) is 0 Å². The highest BCUT2D eigenvalue weighted by molar-refractivity contribution is 7.19. The number of thiophene rings is 1. The molecule has 4 heterocycles. The van der Waals surface area contributed by atoms with Gasteiger partial charge in [0.25, 0.3) is 0 Å². The fourth-order valence-electron chi connectivity index (χ4n) is 4.23. The highest BCUT2D eigenvalue weighted by Gasteiger charge is 2.23. The van der Waals surface area contributed by atoms with Gasteiger partial charge in [0.2, 0.25) is 5.91 Å². The molecule has 4 aromatic heterocycles. The van der Waals surface area contributed by atoms with E-state index in [1.54, 1.807) is 22.2 Å².